The van der Waals surface area contributed by atoms with Crippen LogP contribution in [0.15, 0.2) is 36.4 Å². The number of hydrogen-bond donors (Lipinski definition) is 2. The second-order valence-corrected chi connectivity index (χ2v) is 5.23. The molecule has 0 aliphatic rings. The molecule has 0 atom stereocenters. The summed E-state index contributed by atoms with van der Waals surface area (Å²) in [5.74, 6) is 0.620. The minimum atomic E-state index is -0.440. The van der Waals surface area contributed by atoms with E-state index in [2.05, 4.69) is 5.32 Å². The van der Waals surface area contributed by atoms with Crippen LogP contribution < -0.4 is 10.1 Å². The van der Waals surface area contributed by atoms with Crippen LogP contribution >= 0.6 is 11.6 Å². The smallest absolute Gasteiger partial charge is 0.274 e. The van der Waals surface area contributed by atoms with Crippen molar-refractivity contribution in [2.45, 2.75) is 20.1 Å². The van der Waals surface area contributed by atoms with Gasteiger partial charge in [0.25, 0.3) is 5.69 Å². The molecule has 0 aliphatic carbocycles. The Balaban J connectivity index is 2.18. The van der Waals surface area contributed by atoms with Gasteiger partial charge < -0.3 is 15.2 Å². The van der Waals surface area contributed by atoms with Crippen LogP contribution in [0, 0.1) is 10.1 Å². The Morgan fingerprint density at radius 1 is 1.26 bits per heavy atom. The van der Waals surface area contributed by atoms with Gasteiger partial charge in [-0.05, 0) is 37.3 Å². The van der Waals surface area contributed by atoms with E-state index in [9.17, 15) is 15.2 Å². The molecular weight excluding hydrogens is 320 g/mol. The summed E-state index contributed by atoms with van der Waals surface area (Å²) in [6.45, 7) is 2.47. The molecule has 0 unspecified atom stereocenters. The van der Waals surface area contributed by atoms with Crippen molar-refractivity contribution >= 4 is 23.0 Å². The normalized spacial score (nSPS) is 10.4. The Bertz CT molecular complexity index is 706. The molecule has 2 aromatic carbocycles. The number of aliphatic hydroxyl groups excluding tert-OH is 1. The topological polar surface area (TPSA) is 84.6 Å². The van der Waals surface area contributed by atoms with Crippen LogP contribution in [-0.2, 0) is 13.2 Å². The quantitative estimate of drug-likeness (QED) is 0.594. The number of halogens is 1. The standard InChI is InChI=1S/C16H17ClN2O4/c1-2-23-16-6-4-14(8-12(16)10-20)18-9-11-7-13(17)3-5-15(11)19(21)22/h3-8,18,20H,2,9-10H2,1H3. The number of aliphatic hydroxyl groups is 1. The van der Waals surface area contributed by atoms with E-state index in [4.69, 9.17) is 16.3 Å². The predicted octanol–water partition coefficient (Wildman–Crippen LogP) is 3.75. The van der Waals surface area contributed by atoms with Crippen molar-refractivity contribution in [3.8, 4) is 5.75 Å². The van der Waals surface area contributed by atoms with E-state index in [-0.39, 0.29) is 18.8 Å². The lowest BCUT2D eigenvalue weighted by atomic mass is 10.1. The van der Waals surface area contributed by atoms with E-state index < -0.39 is 4.92 Å². The molecule has 2 aromatic rings. The summed E-state index contributed by atoms with van der Waals surface area (Å²) >= 11 is 5.91. The largest absolute Gasteiger partial charge is 0.494 e. The zero-order valence-electron chi connectivity index (χ0n) is 12.6. The molecule has 0 bridgehead atoms. The Hall–Kier alpha value is -2.31. The van der Waals surface area contributed by atoms with Crippen LogP contribution in [0.3, 0.4) is 0 Å². The van der Waals surface area contributed by atoms with Gasteiger partial charge in [0.2, 0.25) is 0 Å². The van der Waals surface area contributed by atoms with E-state index in [0.717, 1.165) is 5.69 Å². The Morgan fingerprint density at radius 2 is 2.04 bits per heavy atom. The lowest BCUT2D eigenvalue weighted by Crippen LogP contribution is -2.04. The van der Waals surface area contributed by atoms with Crippen LogP contribution in [0.2, 0.25) is 5.02 Å². The molecule has 0 saturated heterocycles. The van der Waals surface area contributed by atoms with Gasteiger partial charge in [0.1, 0.15) is 5.75 Å². The molecule has 2 rings (SSSR count). The van der Waals surface area contributed by atoms with Crippen molar-refractivity contribution in [1.29, 1.82) is 0 Å². The van der Waals surface area contributed by atoms with Crippen molar-refractivity contribution in [1.82, 2.24) is 0 Å². The highest BCUT2D eigenvalue weighted by Gasteiger charge is 2.14. The lowest BCUT2D eigenvalue weighted by Gasteiger charge is -2.12. The molecule has 0 saturated carbocycles. The van der Waals surface area contributed by atoms with Gasteiger partial charge >= 0.3 is 0 Å². The third-order valence-corrected chi connectivity index (χ3v) is 3.49. The zero-order valence-corrected chi connectivity index (χ0v) is 13.3. The maximum Gasteiger partial charge on any atom is 0.274 e. The first kappa shape index (κ1) is 17.1. The van der Waals surface area contributed by atoms with Gasteiger partial charge in [-0.2, -0.15) is 0 Å². The van der Waals surface area contributed by atoms with Crippen LogP contribution in [0.25, 0.3) is 0 Å². The van der Waals surface area contributed by atoms with Crippen LogP contribution in [0.4, 0.5) is 11.4 Å². The summed E-state index contributed by atoms with van der Waals surface area (Å²) in [5, 5.41) is 24.0. The number of anilines is 1. The summed E-state index contributed by atoms with van der Waals surface area (Å²) < 4.78 is 5.42. The first-order valence-corrected chi connectivity index (χ1v) is 7.46. The summed E-state index contributed by atoms with van der Waals surface area (Å²) in [5.41, 5.74) is 1.88. The van der Waals surface area contributed by atoms with Crippen molar-refractivity contribution in [3.05, 3.63) is 62.7 Å². The van der Waals surface area contributed by atoms with Crippen LogP contribution in [0.5, 0.6) is 5.75 Å². The van der Waals surface area contributed by atoms with E-state index in [1.807, 2.05) is 6.92 Å². The first-order chi connectivity index (χ1) is 11.0. The fourth-order valence-electron chi connectivity index (χ4n) is 2.18. The Kier molecular flexibility index (Phi) is 5.78. The van der Waals surface area contributed by atoms with Gasteiger partial charge in [-0.25, -0.2) is 0 Å². The average Bonchev–Trinajstić information content (AvgIpc) is 2.53. The summed E-state index contributed by atoms with van der Waals surface area (Å²) in [6, 6.07) is 9.74. The van der Waals surface area contributed by atoms with E-state index in [1.54, 1.807) is 24.3 Å². The molecule has 7 heteroatoms. The fraction of sp³-hybridized carbons (Fsp3) is 0.250. The number of benzene rings is 2. The highest BCUT2D eigenvalue weighted by Crippen LogP contribution is 2.26. The van der Waals surface area contributed by atoms with Gasteiger partial charge in [0, 0.05) is 28.9 Å². The highest BCUT2D eigenvalue weighted by molar-refractivity contribution is 6.30. The number of rotatable bonds is 7. The summed E-state index contributed by atoms with van der Waals surface area (Å²) in [4.78, 5) is 10.6. The number of nitrogens with zero attached hydrogens (tertiary/aromatic N) is 1. The molecule has 122 valence electrons. The SMILES string of the molecule is CCOc1ccc(NCc2cc(Cl)ccc2[N+](=O)[O-])cc1CO. The molecule has 0 aromatic heterocycles. The number of nitrogens with one attached hydrogen (secondary N) is 1. The molecular formula is C16H17ClN2O4. The first-order valence-electron chi connectivity index (χ1n) is 7.08. The maximum absolute atomic E-state index is 11.0. The van der Waals surface area contributed by atoms with Gasteiger partial charge in [-0.3, -0.25) is 10.1 Å². The minimum absolute atomic E-state index is 0.00946. The van der Waals surface area contributed by atoms with Gasteiger partial charge in [-0.15, -0.1) is 0 Å². The predicted molar refractivity (Wildman–Crippen MR) is 89.0 cm³/mol. The van der Waals surface area contributed by atoms with E-state index in [1.165, 1.54) is 12.1 Å². The molecule has 0 amide bonds. The van der Waals surface area contributed by atoms with Crippen molar-refractivity contribution in [3.63, 3.8) is 0 Å². The van der Waals surface area contributed by atoms with Gasteiger partial charge in [0.15, 0.2) is 0 Å². The van der Waals surface area contributed by atoms with E-state index >= 15 is 0 Å². The number of hydrogen-bond acceptors (Lipinski definition) is 5. The maximum atomic E-state index is 11.0. The number of ether oxygens (including phenoxy) is 1. The van der Waals surface area contributed by atoms with Crippen molar-refractivity contribution < 1.29 is 14.8 Å². The lowest BCUT2D eigenvalue weighted by molar-refractivity contribution is -0.385. The number of nitro groups is 1. The molecule has 0 heterocycles. The zero-order chi connectivity index (χ0) is 16.8. The molecule has 0 fully saturated rings. The molecule has 0 aliphatic heterocycles. The second kappa shape index (κ2) is 7.80. The van der Waals surface area contributed by atoms with Crippen molar-refractivity contribution in [2.75, 3.05) is 11.9 Å². The minimum Gasteiger partial charge on any atom is -0.494 e. The van der Waals surface area contributed by atoms with Gasteiger partial charge in [0.05, 0.1) is 23.7 Å². The van der Waals surface area contributed by atoms with Crippen LogP contribution in [0.1, 0.15) is 18.1 Å². The van der Waals surface area contributed by atoms with Crippen LogP contribution in [-0.4, -0.2) is 16.6 Å². The Morgan fingerprint density at radius 3 is 2.70 bits per heavy atom. The third kappa shape index (κ3) is 4.34. The van der Waals surface area contributed by atoms with Crippen molar-refractivity contribution in [2.24, 2.45) is 0 Å². The molecule has 2 N–H and O–H groups in total. The monoisotopic (exact) mass is 336 g/mol. The third-order valence-electron chi connectivity index (χ3n) is 3.25. The summed E-state index contributed by atoms with van der Waals surface area (Å²) in [6.07, 6.45) is 0. The fourth-order valence-corrected chi connectivity index (χ4v) is 2.38. The van der Waals surface area contributed by atoms with E-state index in [0.29, 0.717) is 28.5 Å². The highest BCUT2D eigenvalue weighted by atomic mass is 35.5. The molecule has 6 nitrogen and oxygen atoms in total. The summed E-state index contributed by atoms with van der Waals surface area (Å²) in [7, 11) is 0. The molecule has 23 heavy (non-hydrogen) atoms. The molecule has 0 radical (unpaired) electrons. The molecule has 0 spiro atoms. The number of nitro benzene ring substituents is 1. The Labute approximate surface area is 138 Å². The average molecular weight is 337 g/mol. The van der Waals surface area contributed by atoms with Gasteiger partial charge in [-0.1, -0.05) is 11.6 Å². The second-order valence-electron chi connectivity index (χ2n) is 4.80.